The maximum Gasteiger partial charge on any atom is 0.278 e. The second-order valence-corrected chi connectivity index (χ2v) is 6.86. The predicted molar refractivity (Wildman–Crippen MR) is 105 cm³/mol. The average molecular weight is 416 g/mol. The molecule has 2 heterocycles. The number of nitrogens with zero attached hydrogens (tertiary/aromatic N) is 4. The Morgan fingerprint density at radius 2 is 1.96 bits per heavy atom. The SMILES string of the molecule is Cc1c(C(=O)Nc2ccc(F)c(Cl)c2)nnc2c(-c3cccc(Cl)c3)cnn12. The molecule has 0 spiro atoms. The number of hydrogen-bond donors (Lipinski definition) is 1. The first-order valence-electron chi connectivity index (χ1n) is 8.17. The second kappa shape index (κ2) is 7.18. The summed E-state index contributed by atoms with van der Waals surface area (Å²) >= 11 is 11.8. The molecule has 0 aliphatic heterocycles. The van der Waals surface area contributed by atoms with Crippen LogP contribution in [-0.4, -0.2) is 25.7 Å². The van der Waals surface area contributed by atoms with Crippen LogP contribution in [0.15, 0.2) is 48.7 Å². The molecular formula is C19H12Cl2FN5O. The molecule has 4 rings (SSSR count). The van der Waals surface area contributed by atoms with E-state index in [0.29, 0.717) is 22.1 Å². The van der Waals surface area contributed by atoms with Crippen LogP contribution in [-0.2, 0) is 0 Å². The van der Waals surface area contributed by atoms with Crippen molar-refractivity contribution in [1.29, 1.82) is 0 Å². The Hall–Kier alpha value is -3.03. The highest BCUT2D eigenvalue weighted by Crippen LogP contribution is 2.26. The van der Waals surface area contributed by atoms with Crippen molar-refractivity contribution in [1.82, 2.24) is 19.8 Å². The highest BCUT2D eigenvalue weighted by atomic mass is 35.5. The lowest BCUT2D eigenvalue weighted by atomic mass is 10.1. The van der Waals surface area contributed by atoms with E-state index in [0.717, 1.165) is 11.1 Å². The minimum Gasteiger partial charge on any atom is -0.320 e. The van der Waals surface area contributed by atoms with Crippen molar-refractivity contribution in [3.05, 3.63) is 75.9 Å². The zero-order valence-electron chi connectivity index (χ0n) is 14.4. The summed E-state index contributed by atoms with van der Waals surface area (Å²) in [5.74, 6) is -1.07. The van der Waals surface area contributed by atoms with Gasteiger partial charge in [-0.2, -0.15) is 5.10 Å². The Morgan fingerprint density at radius 1 is 1.14 bits per heavy atom. The zero-order valence-corrected chi connectivity index (χ0v) is 16.0. The fourth-order valence-corrected chi connectivity index (χ4v) is 3.16. The third-order valence-electron chi connectivity index (χ3n) is 4.18. The number of aryl methyl sites for hydroxylation is 1. The van der Waals surface area contributed by atoms with Gasteiger partial charge in [0, 0.05) is 16.3 Å². The molecule has 2 aromatic carbocycles. The van der Waals surface area contributed by atoms with Crippen LogP contribution in [0.2, 0.25) is 10.0 Å². The average Bonchev–Trinajstić information content (AvgIpc) is 3.10. The van der Waals surface area contributed by atoms with Gasteiger partial charge < -0.3 is 5.32 Å². The first-order chi connectivity index (χ1) is 13.4. The largest absolute Gasteiger partial charge is 0.320 e. The molecule has 0 radical (unpaired) electrons. The van der Waals surface area contributed by atoms with Crippen molar-refractivity contribution in [3.8, 4) is 11.1 Å². The van der Waals surface area contributed by atoms with E-state index in [9.17, 15) is 9.18 Å². The molecule has 0 aliphatic rings. The molecule has 0 atom stereocenters. The lowest BCUT2D eigenvalue weighted by molar-refractivity contribution is 0.102. The summed E-state index contributed by atoms with van der Waals surface area (Å²) < 4.78 is 14.8. The van der Waals surface area contributed by atoms with Gasteiger partial charge in [-0.1, -0.05) is 35.3 Å². The van der Waals surface area contributed by atoms with Crippen molar-refractivity contribution in [3.63, 3.8) is 0 Å². The van der Waals surface area contributed by atoms with Crippen molar-refractivity contribution >= 4 is 40.4 Å². The fourth-order valence-electron chi connectivity index (χ4n) is 2.79. The van der Waals surface area contributed by atoms with E-state index in [4.69, 9.17) is 23.2 Å². The highest BCUT2D eigenvalue weighted by Gasteiger charge is 2.18. The van der Waals surface area contributed by atoms with Crippen molar-refractivity contribution in [2.24, 2.45) is 0 Å². The molecule has 0 saturated heterocycles. The second-order valence-electron chi connectivity index (χ2n) is 6.02. The van der Waals surface area contributed by atoms with E-state index < -0.39 is 11.7 Å². The Morgan fingerprint density at radius 3 is 2.71 bits per heavy atom. The minimum absolute atomic E-state index is 0.0886. The number of fused-ring (bicyclic) bond motifs is 1. The van der Waals surface area contributed by atoms with Gasteiger partial charge in [-0.05, 0) is 42.8 Å². The number of rotatable bonds is 3. The summed E-state index contributed by atoms with van der Waals surface area (Å²) in [6.07, 6.45) is 1.64. The Bertz CT molecular complexity index is 1220. The quantitative estimate of drug-likeness (QED) is 0.521. The number of anilines is 1. The van der Waals surface area contributed by atoms with Crippen LogP contribution in [0.25, 0.3) is 16.8 Å². The molecule has 140 valence electrons. The molecule has 6 nitrogen and oxygen atoms in total. The Kier molecular flexibility index (Phi) is 4.70. The van der Waals surface area contributed by atoms with E-state index in [2.05, 4.69) is 20.6 Å². The standard InChI is InChI=1S/C19H12Cl2FN5O/c1-10-17(19(28)24-13-5-6-16(22)15(21)8-13)25-26-18-14(9-23-27(10)18)11-3-2-4-12(20)7-11/h2-9H,1H3,(H,24,28). The summed E-state index contributed by atoms with van der Waals surface area (Å²) in [5.41, 5.74) is 3.03. The summed E-state index contributed by atoms with van der Waals surface area (Å²) in [7, 11) is 0. The fraction of sp³-hybridized carbons (Fsp3) is 0.0526. The van der Waals surface area contributed by atoms with E-state index in [1.807, 2.05) is 12.1 Å². The molecule has 2 aromatic heterocycles. The van der Waals surface area contributed by atoms with Gasteiger partial charge in [0.25, 0.3) is 5.91 Å². The number of benzene rings is 2. The number of nitrogens with one attached hydrogen (secondary N) is 1. The van der Waals surface area contributed by atoms with Gasteiger partial charge in [0.2, 0.25) is 0 Å². The van der Waals surface area contributed by atoms with Gasteiger partial charge in [0.1, 0.15) is 5.82 Å². The molecule has 0 aliphatic carbocycles. The molecular weight excluding hydrogens is 404 g/mol. The van der Waals surface area contributed by atoms with Gasteiger partial charge in [-0.25, -0.2) is 8.91 Å². The van der Waals surface area contributed by atoms with Crippen LogP contribution in [0.5, 0.6) is 0 Å². The van der Waals surface area contributed by atoms with Gasteiger partial charge in [-0.3, -0.25) is 4.79 Å². The monoisotopic (exact) mass is 415 g/mol. The molecule has 4 aromatic rings. The predicted octanol–water partition coefficient (Wildman–Crippen LogP) is 4.80. The minimum atomic E-state index is -0.567. The molecule has 1 amide bonds. The molecule has 0 bridgehead atoms. The van der Waals surface area contributed by atoms with E-state index in [-0.39, 0.29) is 10.7 Å². The van der Waals surface area contributed by atoms with Crippen LogP contribution in [0.1, 0.15) is 16.2 Å². The van der Waals surface area contributed by atoms with Gasteiger partial charge >= 0.3 is 0 Å². The van der Waals surface area contributed by atoms with Crippen molar-refractivity contribution in [2.75, 3.05) is 5.32 Å². The number of aromatic nitrogens is 4. The van der Waals surface area contributed by atoms with Crippen LogP contribution in [0, 0.1) is 12.7 Å². The van der Waals surface area contributed by atoms with E-state index in [1.165, 1.54) is 22.7 Å². The number of halogens is 3. The van der Waals surface area contributed by atoms with E-state index >= 15 is 0 Å². The van der Waals surface area contributed by atoms with Gasteiger partial charge in [0.15, 0.2) is 11.3 Å². The van der Waals surface area contributed by atoms with Gasteiger partial charge in [0.05, 0.1) is 16.9 Å². The van der Waals surface area contributed by atoms with Crippen molar-refractivity contribution in [2.45, 2.75) is 6.92 Å². The highest BCUT2D eigenvalue weighted by molar-refractivity contribution is 6.31. The summed E-state index contributed by atoms with van der Waals surface area (Å²) in [4.78, 5) is 12.6. The Balaban J connectivity index is 1.70. The number of hydrogen-bond acceptors (Lipinski definition) is 4. The number of amides is 1. The normalized spacial score (nSPS) is 11.0. The van der Waals surface area contributed by atoms with Crippen molar-refractivity contribution < 1.29 is 9.18 Å². The smallest absolute Gasteiger partial charge is 0.278 e. The Labute approximate surface area is 168 Å². The van der Waals surface area contributed by atoms with Crippen LogP contribution >= 0.6 is 23.2 Å². The zero-order chi connectivity index (χ0) is 19.8. The maximum absolute atomic E-state index is 13.3. The maximum atomic E-state index is 13.3. The van der Waals surface area contributed by atoms with Crippen LogP contribution in [0.4, 0.5) is 10.1 Å². The summed E-state index contributed by atoms with van der Waals surface area (Å²) in [6, 6.07) is 11.2. The third-order valence-corrected chi connectivity index (χ3v) is 4.70. The van der Waals surface area contributed by atoms with Crippen LogP contribution in [0.3, 0.4) is 0 Å². The lowest BCUT2D eigenvalue weighted by Crippen LogP contribution is -2.18. The number of carbonyl (C=O) groups excluding carboxylic acids is 1. The molecule has 9 heteroatoms. The molecule has 0 unspecified atom stereocenters. The first-order valence-corrected chi connectivity index (χ1v) is 8.93. The molecule has 28 heavy (non-hydrogen) atoms. The lowest BCUT2D eigenvalue weighted by Gasteiger charge is -2.08. The third kappa shape index (κ3) is 3.30. The first kappa shape index (κ1) is 18.3. The molecule has 0 fully saturated rings. The molecule has 1 N–H and O–H groups in total. The number of carbonyl (C=O) groups is 1. The van der Waals surface area contributed by atoms with Gasteiger partial charge in [-0.15, -0.1) is 10.2 Å². The van der Waals surface area contributed by atoms with E-state index in [1.54, 1.807) is 25.3 Å². The molecule has 0 saturated carbocycles. The summed E-state index contributed by atoms with van der Waals surface area (Å²) in [6.45, 7) is 1.71. The topological polar surface area (TPSA) is 72.2 Å². The van der Waals surface area contributed by atoms with Crippen LogP contribution < -0.4 is 5.32 Å². The summed E-state index contributed by atoms with van der Waals surface area (Å²) in [5, 5.41) is 15.7.